The monoisotopic (exact) mass is 383 g/mol. The molecule has 1 atom stereocenters. The van der Waals surface area contributed by atoms with E-state index in [-0.39, 0.29) is 23.5 Å². The van der Waals surface area contributed by atoms with Gasteiger partial charge in [-0.15, -0.1) is 0 Å². The summed E-state index contributed by atoms with van der Waals surface area (Å²) in [5.41, 5.74) is 2.65. The van der Waals surface area contributed by atoms with Gasteiger partial charge in [-0.25, -0.2) is 4.79 Å². The molecule has 2 amide bonds. The summed E-state index contributed by atoms with van der Waals surface area (Å²) in [6.07, 6.45) is 4.03. The third-order valence-electron chi connectivity index (χ3n) is 5.11. The number of likely N-dealkylation sites (tertiary alicyclic amines) is 1. The fourth-order valence-electron chi connectivity index (χ4n) is 3.57. The Morgan fingerprint density at radius 1 is 1.18 bits per heavy atom. The molecule has 3 rings (SSSR count). The van der Waals surface area contributed by atoms with Gasteiger partial charge in [0.1, 0.15) is 5.75 Å². The van der Waals surface area contributed by atoms with Crippen LogP contribution < -0.4 is 10.1 Å². The van der Waals surface area contributed by atoms with Crippen LogP contribution in [0.3, 0.4) is 0 Å². The highest BCUT2D eigenvalue weighted by Crippen LogP contribution is 2.33. The van der Waals surface area contributed by atoms with E-state index < -0.39 is 4.92 Å². The Balaban J connectivity index is 1.84. The third kappa shape index (κ3) is 4.42. The first kappa shape index (κ1) is 19.7. The molecule has 2 aromatic carbocycles. The fourth-order valence-corrected chi connectivity index (χ4v) is 3.57. The Labute approximate surface area is 164 Å². The number of carbonyl (C=O) groups excluding carboxylic acids is 1. The molecule has 0 aromatic heterocycles. The molecule has 0 spiro atoms. The van der Waals surface area contributed by atoms with Crippen LogP contribution in [0, 0.1) is 17.0 Å². The van der Waals surface area contributed by atoms with Crippen molar-refractivity contribution in [3.8, 4) is 5.75 Å². The number of anilines is 1. The summed E-state index contributed by atoms with van der Waals surface area (Å²) in [4.78, 5) is 25.4. The number of nitro groups is 1. The maximum Gasteiger partial charge on any atom is 0.322 e. The summed E-state index contributed by atoms with van der Waals surface area (Å²) in [6, 6.07) is 12.3. The number of benzene rings is 2. The molecule has 1 fully saturated rings. The van der Waals surface area contributed by atoms with Crippen LogP contribution in [0.4, 0.5) is 16.2 Å². The van der Waals surface area contributed by atoms with Crippen LogP contribution in [0.15, 0.2) is 42.5 Å². The molecule has 1 heterocycles. The average Bonchev–Trinajstić information content (AvgIpc) is 2.95. The molecular weight excluding hydrogens is 358 g/mol. The standard InChI is InChI=1S/C21H25N3O4/c1-15-7-9-16(10-8-15)19-6-4-3-5-13-23(19)21(25)22-18-12-11-17(24(26)27)14-20(18)28-2/h7-12,14,19H,3-6,13H2,1-2H3,(H,22,25)/t19-/m0/s1. The van der Waals surface area contributed by atoms with Crippen molar-refractivity contribution in [2.45, 2.75) is 38.6 Å². The van der Waals surface area contributed by atoms with E-state index >= 15 is 0 Å². The second kappa shape index (κ2) is 8.73. The van der Waals surface area contributed by atoms with Crippen molar-refractivity contribution in [2.75, 3.05) is 19.0 Å². The normalized spacial score (nSPS) is 16.9. The number of non-ortho nitro benzene ring substituents is 1. The number of urea groups is 1. The summed E-state index contributed by atoms with van der Waals surface area (Å²) >= 11 is 0. The SMILES string of the molecule is COc1cc([N+](=O)[O-])ccc1NC(=O)N1CCCCC[C@H]1c1ccc(C)cc1. The first-order chi connectivity index (χ1) is 13.5. The van der Waals surface area contributed by atoms with Crippen molar-refractivity contribution in [3.05, 3.63) is 63.7 Å². The maximum absolute atomic E-state index is 13.1. The van der Waals surface area contributed by atoms with E-state index in [9.17, 15) is 14.9 Å². The second-order valence-electron chi connectivity index (χ2n) is 7.04. The van der Waals surface area contributed by atoms with Gasteiger partial charge in [-0.1, -0.05) is 42.7 Å². The number of amides is 2. The van der Waals surface area contributed by atoms with Gasteiger partial charge in [-0.05, 0) is 31.4 Å². The number of aryl methyl sites for hydroxylation is 1. The fraction of sp³-hybridized carbons (Fsp3) is 0.381. The van der Waals surface area contributed by atoms with Crippen molar-refractivity contribution in [3.63, 3.8) is 0 Å². The van der Waals surface area contributed by atoms with Crippen LogP contribution >= 0.6 is 0 Å². The van der Waals surface area contributed by atoms with Crippen LogP contribution in [0.25, 0.3) is 0 Å². The molecule has 1 aliphatic heterocycles. The molecule has 148 valence electrons. The van der Waals surface area contributed by atoms with E-state index in [0.717, 1.165) is 31.2 Å². The Hall–Kier alpha value is -3.09. The lowest BCUT2D eigenvalue weighted by molar-refractivity contribution is -0.384. The maximum atomic E-state index is 13.1. The van der Waals surface area contributed by atoms with Crippen LogP contribution in [0.2, 0.25) is 0 Å². The lowest BCUT2D eigenvalue weighted by Crippen LogP contribution is -2.38. The number of nitro benzene ring substituents is 1. The van der Waals surface area contributed by atoms with Gasteiger partial charge in [0.15, 0.2) is 0 Å². The quantitative estimate of drug-likeness (QED) is 0.591. The van der Waals surface area contributed by atoms with Crippen molar-refractivity contribution in [2.24, 2.45) is 0 Å². The van der Waals surface area contributed by atoms with E-state index in [0.29, 0.717) is 12.2 Å². The van der Waals surface area contributed by atoms with Crippen molar-refractivity contribution < 1.29 is 14.5 Å². The number of hydrogen-bond acceptors (Lipinski definition) is 4. The number of methoxy groups -OCH3 is 1. The molecule has 1 N–H and O–H groups in total. The number of rotatable bonds is 4. The van der Waals surface area contributed by atoms with Crippen molar-refractivity contribution in [1.29, 1.82) is 0 Å². The van der Waals surface area contributed by atoms with Gasteiger partial charge >= 0.3 is 6.03 Å². The lowest BCUT2D eigenvalue weighted by atomic mass is 10.00. The third-order valence-corrected chi connectivity index (χ3v) is 5.11. The van der Waals surface area contributed by atoms with Crippen molar-refractivity contribution in [1.82, 2.24) is 4.90 Å². The van der Waals surface area contributed by atoms with E-state index in [4.69, 9.17) is 4.74 Å². The zero-order valence-electron chi connectivity index (χ0n) is 16.2. The Kier molecular flexibility index (Phi) is 6.13. The van der Waals surface area contributed by atoms with Crippen LogP contribution in [-0.2, 0) is 0 Å². The average molecular weight is 383 g/mol. The zero-order valence-corrected chi connectivity index (χ0v) is 16.2. The van der Waals surface area contributed by atoms with Gasteiger partial charge in [0.25, 0.3) is 5.69 Å². The summed E-state index contributed by atoms with van der Waals surface area (Å²) < 4.78 is 5.24. The smallest absolute Gasteiger partial charge is 0.322 e. The molecule has 7 heteroatoms. The Morgan fingerprint density at radius 3 is 2.61 bits per heavy atom. The predicted molar refractivity (Wildman–Crippen MR) is 108 cm³/mol. The Morgan fingerprint density at radius 2 is 1.93 bits per heavy atom. The number of nitrogens with zero attached hydrogens (tertiary/aromatic N) is 2. The molecule has 0 bridgehead atoms. The van der Waals surface area contributed by atoms with Crippen LogP contribution in [0.5, 0.6) is 5.75 Å². The van der Waals surface area contributed by atoms with Gasteiger partial charge < -0.3 is 15.0 Å². The predicted octanol–water partition coefficient (Wildman–Crippen LogP) is 5.06. The molecule has 2 aromatic rings. The van der Waals surface area contributed by atoms with E-state index in [1.807, 2.05) is 11.8 Å². The lowest BCUT2D eigenvalue weighted by Gasteiger charge is -2.31. The van der Waals surface area contributed by atoms with E-state index in [1.165, 1.54) is 30.9 Å². The van der Waals surface area contributed by atoms with Crippen LogP contribution in [0.1, 0.15) is 42.9 Å². The zero-order chi connectivity index (χ0) is 20.1. The van der Waals surface area contributed by atoms with E-state index in [1.54, 1.807) is 0 Å². The molecule has 7 nitrogen and oxygen atoms in total. The first-order valence-corrected chi connectivity index (χ1v) is 9.46. The highest BCUT2D eigenvalue weighted by molar-refractivity contribution is 5.91. The van der Waals surface area contributed by atoms with Gasteiger partial charge in [-0.2, -0.15) is 0 Å². The molecule has 0 aliphatic carbocycles. The molecule has 0 radical (unpaired) electrons. The van der Waals surface area contributed by atoms with E-state index in [2.05, 4.69) is 29.6 Å². The molecule has 1 saturated heterocycles. The summed E-state index contributed by atoms with van der Waals surface area (Å²) in [6.45, 7) is 2.71. The minimum absolute atomic E-state index is 0.00661. The van der Waals surface area contributed by atoms with Crippen LogP contribution in [-0.4, -0.2) is 29.5 Å². The minimum Gasteiger partial charge on any atom is -0.494 e. The van der Waals surface area contributed by atoms with Gasteiger partial charge in [-0.3, -0.25) is 10.1 Å². The number of carbonyl (C=O) groups is 1. The number of nitrogens with one attached hydrogen (secondary N) is 1. The summed E-state index contributed by atoms with van der Waals surface area (Å²) in [5, 5.41) is 13.8. The molecule has 28 heavy (non-hydrogen) atoms. The minimum atomic E-state index is -0.490. The Bertz CT molecular complexity index is 851. The van der Waals surface area contributed by atoms with Gasteiger partial charge in [0.05, 0.1) is 29.8 Å². The molecular formula is C21H25N3O4. The van der Waals surface area contributed by atoms with Gasteiger partial charge in [0.2, 0.25) is 0 Å². The highest BCUT2D eigenvalue weighted by atomic mass is 16.6. The largest absolute Gasteiger partial charge is 0.494 e. The topological polar surface area (TPSA) is 84.7 Å². The number of hydrogen-bond donors (Lipinski definition) is 1. The molecule has 0 unspecified atom stereocenters. The molecule has 1 aliphatic rings. The van der Waals surface area contributed by atoms with Crippen molar-refractivity contribution >= 4 is 17.4 Å². The molecule has 0 saturated carbocycles. The first-order valence-electron chi connectivity index (χ1n) is 9.46. The number of ether oxygens (including phenoxy) is 1. The van der Waals surface area contributed by atoms with Gasteiger partial charge in [0, 0.05) is 12.6 Å². The summed E-state index contributed by atoms with van der Waals surface area (Å²) in [7, 11) is 1.43. The second-order valence-corrected chi connectivity index (χ2v) is 7.04. The highest BCUT2D eigenvalue weighted by Gasteiger charge is 2.27. The summed E-state index contributed by atoms with van der Waals surface area (Å²) in [5.74, 6) is 0.268.